The van der Waals surface area contributed by atoms with Crippen LogP contribution in [0.25, 0.3) is 0 Å². The van der Waals surface area contributed by atoms with Gasteiger partial charge in [0.05, 0.1) is 13.2 Å². The summed E-state index contributed by atoms with van der Waals surface area (Å²) in [5.41, 5.74) is 0.134. The van der Waals surface area contributed by atoms with E-state index in [1.54, 1.807) is 6.92 Å². The Morgan fingerprint density at radius 2 is 1.96 bits per heavy atom. The Kier molecular flexibility index (Phi) is 7.02. The van der Waals surface area contributed by atoms with Gasteiger partial charge in [-0.3, -0.25) is 0 Å². The molecule has 1 aliphatic heterocycles. The van der Waals surface area contributed by atoms with Gasteiger partial charge in [-0.05, 0) is 13.0 Å². The van der Waals surface area contributed by atoms with Crippen molar-refractivity contribution in [2.24, 2.45) is 0 Å². The van der Waals surface area contributed by atoms with Crippen LogP contribution in [0.1, 0.15) is 25.3 Å². The monoisotopic (exact) mass is 371 g/mol. The molecule has 9 heteroatoms. The molecule has 2 rings (SSSR count). The molecule has 1 heterocycles. The van der Waals surface area contributed by atoms with Crippen molar-refractivity contribution in [2.45, 2.75) is 32.5 Å². The molecule has 0 atom stereocenters. The summed E-state index contributed by atoms with van der Waals surface area (Å²) in [6, 6.07) is 2.88. The van der Waals surface area contributed by atoms with Crippen LogP contribution in [0.3, 0.4) is 0 Å². The highest BCUT2D eigenvalue weighted by atomic mass is 19.1. The van der Waals surface area contributed by atoms with Crippen LogP contribution < -0.4 is 9.47 Å². The average Bonchev–Trinajstić information content (AvgIpc) is 2.59. The van der Waals surface area contributed by atoms with Crippen molar-refractivity contribution < 1.29 is 38.4 Å². The van der Waals surface area contributed by atoms with Gasteiger partial charge in [-0.15, -0.1) is 0 Å². The van der Waals surface area contributed by atoms with Gasteiger partial charge in [0.25, 0.3) is 0 Å². The third kappa shape index (κ3) is 5.48. The zero-order chi connectivity index (χ0) is 19.1. The molecule has 1 aliphatic rings. The first-order valence-corrected chi connectivity index (χ1v) is 8.30. The van der Waals surface area contributed by atoms with Crippen LogP contribution in [-0.4, -0.2) is 59.6 Å². The second-order valence-corrected chi connectivity index (χ2v) is 5.80. The van der Waals surface area contributed by atoms with Crippen LogP contribution in [0.4, 0.5) is 9.18 Å². The molecule has 144 valence electrons. The van der Waals surface area contributed by atoms with Gasteiger partial charge in [-0.1, -0.05) is 0 Å². The molecule has 2 N–H and O–H groups in total. The number of ether oxygens (including phenoxy) is 3. The van der Waals surface area contributed by atoms with E-state index in [1.807, 2.05) is 0 Å². The third-order valence-corrected chi connectivity index (χ3v) is 3.89. The van der Waals surface area contributed by atoms with Gasteiger partial charge in [0.15, 0.2) is 11.6 Å². The van der Waals surface area contributed by atoms with E-state index in [9.17, 15) is 14.0 Å². The van der Waals surface area contributed by atoms with Gasteiger partial charge in [-0.2, -0.15) is 0 Å². The number of amides is 1. The maximum atomic E-state index is 14.7. The van der Waals surface area contributed by atoms with Gasteiger partial charge in [0.1, 0.15) is 18.5 Å². The molecule has 0 saturated carbocycles. The van der Waals surface area contributed by atoms with Gasteiger partial charge in [0, 0.05) is 37.6 Å². The lowest BCUT2D eigenvalue weighted by Gasteiger charge is -2.30. The summed E-state index contributed by atoms with van der Waals surface area (Å²) in [5.74, 6) is -1.41. The second-order valence-electron chi connectivity index (χ2n) is 5.80. The van der Waals surface area contributed by atoms with Crippen molar-refractivity contribution in [3.05, 3.63) is 23.5 Å². The van der Waals surface area contributed by atoms with E-state index in [2.05, 4.69) is 0 Å². The molecule has 0 radical (unpaired) electrons. The Balaban J connectivity index is 2.09. The summed E-state index contributed by atoms with van der Waals surface area (Å²) < 4.78 is 30.7. The predicted octanol–water partition coefficient (Wildman–Crippen LogP) is 2.35. The Bertz CT molecular complexity index is 644. The summed E-state index contributed by atoms with van der Waals surface area (Å²) in [4.78, 5) is 22.8. The smallest absolute Gasteiger partial charge is 0.407 e. The maximum Gasteiger partial charge on any atom is 0.407 e. The molecule has 0 aromatic heterocycles. The normalized spacial score (nSPS) is 14.9. The van der Waals surface area contributed by atoms with E-state index in [0.29, 0.717) is 38.3 Å². The molecular weight excluding hydrogens is 349 g/mol. The first kappa shape index (κ1) is 19.8. The molecule has 1 aromatic carbocycles. The molecule has 0 unspecified atom stereocenters. The molecular formula is C17H22FNO7. The van der Waals surface area contributed by atoms with Gasteiger partial charge in [-0.25, -0.2) is 14.0 Å². The van der Waals surface area contributed by atoms with Crippen LogP contribution in [0.15, 0.2) is 12.1 Å². The minimum atomic E-state index is -1.15. The number of hydrogen-bond acceptors (Lipinski definition) is 5. The lowest BCUT2D eigenvalue weighted by molar-refractivity contribution is -0.142. The summed E-state index contributed by atoms with van der Waals surface area (Å²) in [7, 11) is 0. The molecule has 0 aliphatic carbocycles. The van der Waals surface area contributed by atoms with Crippen molar-refractivity contribution in [1.82, 2.24) is 4.90 Å². The standard InChI is InChI=1S/C17H22FNO7/c1-2-25-13-7-11(9-24-10-15(20)21)16(18)14(8-13)26-12-3-5-19(6-4-12)17(22)23/h7-8,12H,2-6,9-10H2,1H3,(H,20,21)(H,22,23). The highest BCUT2D eigenvalue weighted by Gasteiger charge is 2.25. The number of likely N-dealkylation sites (tertiary alicyclic amines) is 1. The van der Waals surface area contributed by atoms with Crippen molar-refractivity contribution in [2.75, 3.05) is 26.3 Å². The van der Waals surface area contributed by atoms with Crippen molar-refractivity contribution in [3.63, 3.8) is 0 Å². The van der Waals surface area contributed by atoms with Crippen LogP contribution in [0.2, 0.25) is 0 Å². The van der Waals surface area contributed by atoms with Gasteiger partial charge >= 0.3 is 12.1 Å². The van der Waals surface area contributed by atoms with E-state index in [1.165, 1.54) is 17.0 Å². The predicted molar refractivity (Wildman–Crippen MR) is 88.1 cm³/mol. The molecule has 1 amide bonds. The lowest BCUT2D eigenvalue weighted by atomic mass is 10.1. The maximum absolute atomic E-state index is 14.7. The lowest BCUT2D eigenvalue weighted by Crippen LogP contribution is -2.41. The minimum Gasteiger partial charge on any atom is -0.494 e. The van der Waals surface area contributed by atoms with E-state index in [4.69, 9.17) is 24.4 Å². The number of carbonyl (C=O) groups is 2. The molecule has 0 bridgehead atoms. The molecule has 8 nitrogen and oxygen atoms in total. The van der Waals surface area contributed by atoms with E-state index < -0.39 is 24.5 Å². The number of benzene rings is 1. The highest BCUT2D eigenvalue weighted by molar-refractivity contribution is 5.68. The van der Waals surface area contributed by atoms with E-state index >= 15 is 0 Å². The molecule has 1 aromatic rings. The van der Waals surface area contributed by atoms with Crippen molar-refractivity contribution in [3.8, 4) is 11.5 Å². The van der Waals surface area contributed by atoms with E-state index in [-0.39, 0.29) is 24.0 Å². The number of piperidine rings is 1. The van der Waals surface area contributed by atoms with Crippen LogP contribution in [-0.2, 0) is 16.1 Å². The minimum absolute atomic E-state index is 0.0151. The Morgan fingerprint density at radius 1 is 1.27 bits per heavy atom. The van der Waals surface area contributed by atoms with Crippen molar-refractivity contribution >= 4 is 12.1 Å². The van der Waals surface area contributed by atoms with E-state index in [0.717, 1.165) is 0 Å². The Hall–Kier alpha value is -2.55. The number of aliphatic carboxylic acids is 1. The third-order valence-electron chi connectivity index (χ3n) is 3.89. The zero-order valence-electron chi connectivity index (χ0n) is 14.4. The number of carboxylic acids is 1. The number of halogens is 1. The molecule has 0 spiro atoms. The topological polar surface area (TPSA) is 106 Å². The van der Waals surface area contributed by atoms with Gasteiger partial charge in [0.2, 0.25) is 0 Å². The number of carboxylic acid groups (broad SMARTS) is 2. The fourth-order valence-electron chi connectivity index (χ4n) is 2.66. The Labute approximate surface area is 150 Å². The number of rotatable bonds is 8. The molecule has 1 saturated heterocycles. The quantitative estimate of drug-likeness (QED) is 0.722. The fraction of sp³-hybridized carbons (Fsp3) is 0.529. The van der Waals surface area contributed by atoms with Crippen LogP contribution >= 0.6 is 0 Å². The van der Waals surface area contributed by atoms with Crippen LogP contribution in [0.5, 0.6) is 11.5 Å². The summed E-state index contributed by atoms with van der Waals surface area (Å²) in [6.07, 6.45) is -0.388. The molecule has 1 fully saturated rings. The second kappa shape index (κ2) is 9.23. The first-order chi connectivity index (χ1) is 12.4. The van der Waals surface area contributed by atoms with Gasteiger partial charge < -0.3 is 29.3 Å². The Morgan fingerprint density at radius 3 is 2.54 bits per heavy atom. The summed E-state index contributed by atoms with van der Waals surface area (Å²) >= 11 is 0. The first-order valence-electron chi connectivity index (χ1n) is 8.30. The summed E-state index contributed by atoms with van der Waals surface area (Å²) in [6.45, 7) is 2.03. The highest BCUT2D eigenvalue weighted by Crippen LogP contribution is 2.30. The average molecular weight is 371 g/mol. The van der Waals surface area contributed by atoms with Crippen molar-refractivity contribution in [1.29, 1.82) is 0 Å². The SMILES string of the molecule is CCOc1cc(COCC(=O)O)c(F)c(OC2CCN(C(=O)O)CC2)c1. The molecule has 26 heavy (non-hydrogen) atoms. The number of nitrogens with zero attached hydrogens (tertiary/aromatic N) is 1. The largest absolute Gasteiger partial charge is 0.494 e. The fourth-order valence-corrected chi connectivity index (χ4v) is 2.66. The van der Waals surface area contributed by atoms with Crippen LogP contribution in [0, 0.1) is 5.82 Å². The zero-order valence-corrected chi connectivity index (χ0v) is 14.4. The number of hydrogen-bond donors (Lipinski definition) is 2. The summed E-state index contributed by atoms with van der Waals surface area (Å²) in [5, 5.41) is 17.6.